The fraction of sp³-hybridized carbons (Fsp3) is 0.520. The number of hydrogen-bond acceptors (Lipinski definition) is 1. The topological polar surface area (TPSA) is 12.0 Å². The van der Waals surface area contributed by atoms with Crippen LogP contribution in [0.4, 0.5) is 10.1 Å². The van der Waals surface area contributed by atoms with Gasteiger partial charge in [0.25, 0.3) is 0 Å². The summed E-state index contributed by atoms with van der Waals surface area (Å²) < 4.78 is 15.3. The third kappa shape index (κ3) is 4.20. The minimum absolute atomic E-state index is 0.0455. The average molecular weight is 370 g/mol. The molecule has 27 heavy (non-hydrogen) atoms. The molecule has 0 saturated carbocycles. The van der Waals surface area contributed by atoms with Crippen molar-refractivity contribution in [3.63, 3.8) is 0 Å². The van der Waals surface area contributed by atoms with Gasteiger partial charge in [-0.25, -0.2) is 4.39 Å². The summed E-state index contributed by atoms with van der Waals surface area (Å²) >= 11 is 0. The Kier molecular flexibility index (Phi) is 6.09. The zero-order valence-corrected chi connectivity index (χ0v) is 18.5. The van der Waals surface area contributed by atoms with Gasteiger partial charge in [-0.05, 0) is 65.3 Å². The summed E-state index contributed by atoms with van der Waals surface area (Å²) in [7, 11) is 0. The molecule has 0 aliphatic carbocycles. The van der Waals surface area contributed by atoms with Gasteiger partial charge in [-0.2, -0.15) is 0 Å². The van der Waals surface area contributed by atoms with Crippen LogP contribution in [-0.4, -0.2) is 6.54 Å². The molecule has 0 heterocycles. The van der Waals surface area contributed by atoms with Crippen molar-refractivity contribution in [1.82, 2.24) is 0 Å². The molecule has 1 unspecified atom stereocenters. The maximum Gasteiger partial charge on any atom is 0.130 e. The van der Waals surface area contributed by atoms with Crippen LogP contribution in [0.15, 0.2) is 30.3 Å². The molecule has 2 aromatic rings. The fourth-order valence-corrected chi connectivity index (χ4v) is 3.57. The summed E-state index contributed by atoms with van der Waals surface area (Å²) in [5.74, 6) is 0.155. The lowest BCUT2D eigenvalue weighted by Gasteiger charge is -2.42. The van der Waals surface area contributed by atoms with Crippen LogP contribution in [0.25, 0.3) is 0 Å². The van der Waals surface area contributed by atoms with Gasteiger partial charge in [0.15, 0.2) is 0 Å². The van der Waals surface area contributed by atoms with Crippen molar-refractivity contribution < 1.29 is 4.39 Å². The number of halogens is 1. The first-order valence-electron chi connectivity index (χ1n) is 9.97. The maximum absolute atomic E-state index is 15.3. The first-order valence-corrected chi connectivity index (χ1v) is 9.97. The molecule has 1 atom stereocenters. The molecule has 2 aromatic carbocycles. The Morgan fingerprint density at radius 3 is 1.96 bits per heavy atom. The van der Waals surface area contributed by atoms with Crippen LogP contribution >= 0.6 is 0 Å². The van der Waals surface area contributed by atoms with E-state index < -0.39 is 0 Å². The Hall–Kier alpha value is -1.83. The van der Waals surface area contributed by atoms with Crippen LogP contribution in [0.2, 0.25) is 0 Å². The van der Waals surface area contributed by atoms with Crippen LogP contribution in [0.1, 0.15) is 75.3 Å². The lowest BCUT2D eigenvalue weighted by Crippen LogP contribution is -2.36. The molecule has 1 nitrogen and oxygen atoms in total. The molecule has 0 radical (unpaired) electrons. The highest BCUT2D eigenvalue weighted by Gasteiger charge is 2.39. The van der Waals surface area contributed by atoms with E-state index in [1.165, 1.54) is 16.8 Å². The number of para-hydroxylation sites is 1. The van der Waals surface area contributed by atoms with Crippen molar-refractivity contribution in [2.24, 2.45) is 5.41 Å². The van der Waals surface area contributed by atoms with E-state index in [1.807, 2.05) is 13.0 Å². The van der Waals surface area contributed by atoms with E-state index >= 15 is 4.39 Å². The molecule has 0 saturated heterocycles. The smallest absolute Gasteiger partial charge is 0.130 e. The third-order valence-electron chi connectivity index (χ3n) is 6.46. The number of aryl methyl sites for hydroxylation is 3. The second-order valence-electron chi connectivity index (χ2n) is 9.58. The Bertz CT molecular complexity index is 792. The van der Waals surface area contributed by atoms with E-state index in [4.69, 9.17) is 0 Å². The van der Waals surface area contributed by atoms with E-state index in [-0.39, 0.29) is 22.6 Å². The second kappa shape index (κ2) is 7.66. The van der Waals surface area contributed by atoms with E-state index in [1.54, 1.807) is 0 Å². The zero-order valence-electron chi connectivity index (χ0n) is 18.5. The highest BCUT2D eigenvalue weighted by atomic mass is 19.1. The minimum atomic E-state index is -0.273. The van der Waals surface area contributed by atoms with Gasteiger partial charge in [0.05, 0.1) is 0 Å². The number of nitrogens with one attached hydrogen (secondary N) is 1. The average Bonchev–Trinajstić information content (AvgIpc) is 2.55. The van der Waals surface area contributed by atoms with E-state index in [0.717, 1.165) is 23.2 Å². The van der Waals surface area contributed by atoms with Crippen LogP contribution in [0.3, 0.4) is 0 Å². The minimum Gasteiger partial charge on any atom is -0.384 e. The SMILES string of the molecule is Cc1ccc(C(C)CNc2c(C)cccc2C)c(C(C)(C)C(C)(C)C)c1F. The van der Waals surface area contributed by atoms with Crippen LogP contribution in [0.5, 0.6) is 0 Å². The van der Waals surface area contributed by atoms with Crippen LogP contribution < -0.4 is 5.32 Å². The Balaban J connectivity index is 2.42. The molecule has 0 fully saturated rings. The number of benzene rings is 2. The maximum atomic E-state index is 15.3. The number of anilines is 1. The van der Waals surface area contributed by atoms with Crippen molar-refractivity contribution in [3.8, 4) is 0 Å². The molecular formula is C25H36FN. The summed E-state index contributed by atoms with van der Waals surface area (Å²) in [6.07, 6.45) is 0. The van der Waals surface area contributed by atoms with Crippen molar-refractivity contribution in [2.75, 3.05) is 11.9 Å². The van der Waals surface area contributed by atoms with E-state index in [0.29, 0.717) is 0 Å². The highest BCUT2D eigenvalue weighted by molar-refractivity contribution is 5.57. The van der Waals surface area contributed by atoms with Gasteiger partial charge < -0.3 is 5.32 Å². The first-order chi connectivity index (χ1) is 12.4. The van der Waals surface area contributed by atoms with Gasteiger partial charge in [-0.15, -0.1) is 0 Å². The van der Waals surface area contributed by atoms with Gasteiger partial charge in [0.1, 0.15) is 5.82 Å². The predicted octanol–water partition coefficient (Wildman–Crippen LogP) is 7.29. The summed E-state index contributed by atoms with van der Waals surface area (Å²) in [4.78, 5) is 0. The summed E-state index contributed by atoms with van der Waals surface area (Å²) in [5, 5.41) is 3.61. The molecule has 1 N–H and O–H groups in total. The molecule has 0 bridgehead atoms. The van der Waals surface area contributed by atoms with Crippen LogP contribution in [-0.2, 0) is 5.41 Å². The van der Waals surface area contributed by atoms with Crippen molar-refractivity contribution in [2.45, 2.75) is 73.6 Å². The largest absolute Gasteiger partial charge is 0.384 e. The number of hydrogen-bond donors (Lipinski definition) is 1. The standard InChI is InChI=1S/C25H36FN/c1-16-13-14-20(21(22(16)26)25(8,9)24(5,6)7)19(4)15-27-23-17(2)11-10-12-18(23)3/h10-14,19,27H,15H2,1-9H3. The van der Waals surface area contributed by atoms with Gasteiger partial charge in [0.2, 0.25) is 0 Å². The summed E-state index contributed by atoms with van der Waals surface area (Å²) in [6, 6.07) is 10.4. The molecule has 2 heteroatoms. The van der Waals surface area contributed by atoms with E-state index in [9.17, 15) is 0 Å². The lowest BCUT2D eigenvalue weighted by molar-refractivity contribution is 0.217. The Labute approximate surface area is 165 Å². The first kappa shape index (κ1) is 21.5. The molecule has 0 spiro atoms. The summed E-state index contributed by atoms with van der Waals surface area (Å²) in [6.45, 7) is 20.0. The van der Waals surface area contributed by atoms with Gasteiger partial charge in [-0.1, -0.05) is 71.9 Å². The predicted molar refractivity (Wildman–Crippen MR) is 116 cm³/mol. The quantitative estimate of drug-likeness (QED) is 0.583. The van der Waals surface area contributed by atoms with Gasteiger partial charge in [0, 0.05) is 12.2 Å². The molecular weight excluding hydrogens is 333 g/mol. The van der Waals surface area contributed by atoms with Gasteiger partial charge >= 0.3 is 0 Å². The molecule has 148 valence electrons. The summed E-state index contributed by atoms with van der Waals surface area (Å²) in [5.41, 5.74) is 6.05. The molecule has 2 rings (SSSR count). The molecule has 0 amide bonds. The third-order valence-corrected chi connectivity index (χ3v) is 6.46. The molecule has 0 aliphatic heterocycles. The van der Waals surface area contributed by atoms with Crippen molar-refractivity contribution >= 4 is 5.69 Å². The Morgan fingerprint density at radius 1 is 0.889 bits per heavy atom. The van der Waals surface area contributed by atoms with Gasteiger partial charge in [-0.3, -0.25) is 0 Å². The Morgan fingerprint density at radius 2 is 1.44 bits per heavy atom. The zero-order chi connectivity index (χ0) is 20.6. The van der Waals surface area contributed by atoms with E-state index in [2.05, 4.69) is 85.0 Å². The highest BCUT2D eigenvalue weighted by Crippen LogP contribution is 2.45. The molecule has 0 aromatic heterocycles. The second-order valence-corrected chi connectivity index (χ2v) is 9.58. The number of rotatable bonds is 5. The fourth-order valence-electron chi connectivity index (χ4n) is 3.57. The van der Waals surface area contributed by atoms with Crippen molar-refractivity contribution in [1.29, 1.82) is 0 Å². The lowest BCUT2D eigenvalue weighted by atomic mass is 9.63. The normalized spacial score (nSPS) is 13.6. The van der Waals surface area contributed by atoms with Crippen molar-refractivity contribution in [3.05, 3.63) is 64.0 Å². The van der Waals surface area contributed by atoms with Crippen LogP contribution in [0, 0.1) is 32.0 Å². The monoisotopic (exact) mass is 369 g/mol. The molecule has 0 aliphatic rings.